The van der Waals surface area contributed by atoms with Gasteiger partial charge in [0.2, 0.25) is 0 Å². The van der Waals surface area contributed by atoms with Gasteiger partial charge in [0, 0.05) is 14.5 Å². The monoisotopic (exact) mass is 548 g/mol. The van der Waals surface area contributed by atoms with Crippen molar-refractivity contribution >= 4 is 62.1 Å². The normalized spacial score (nSPS) is 12.3. The minimum absolute atomic E-state index is 0.131. The maximum atomic E-state index is 10.6. The summed E-state index contributed by atoms with van der Waals surface area (Å²) in [7, 11) is 0. The summed E-state index contributed by atoms with van der Waals surface area (Å²) < 4.78 is 12.3. The summed E-state index contributed by atoms with van der Waals surface area (Å²) in [5.74, 6) is 0.488. The number of rotatable bonds is 5. The van der Waals surface area contributed by atoms with E-state index in [0.29, 0.717) is 5.75 Å². The van der Waals surface area contributed by atoms with Crippen LogP contribution < -0.4 is 4.74 Å². The summed E-state index contributed by atoms with van der Waals surface area (Å²) in [5.41, 5.74) is 3.21. The van der Waals surface area contributed by atoms with Gasteiger partial charge in [0.05, 0.1) is 3.92 Å². The molecule has 3 rings (SSSR count). The highest BCUT2D eigenvalue weighted by atomic mass is 127. The molecule has 1 heterocycles. The summed E-state index contributed by atoms with van der Waals surface area (Å²) in [5, 5.41) is 9.83. The van der Waals surface area contributed by atoms with Crippen LogP contribution in [-0.4, -0.2) is 17.7 Å². The second-order valence-electron chi connectivity index (χ2n) is 5.30. The predicted molar refractivity (Wildman–Crippen MR) is 109 cm³/mol. The molecule has 0 saturated carbocycles. The summed E-state index contributed by atoms with van der Waals surface area (Å²) in [6, 6.07) is 13.7. The molecule has 1 unspecified atom stereocenters. The summed E-state index contributed by atoms with van der Waals surface area (Å²) in [6.45, 7) is 1.65. The summed E-state index contributed by atoms with van der Waals surface area (Å²) in [6.07, 6.45) is 0. The Morgan fingerprint density at radius 2 is 2.04 bits per heavy atom. The Hall–Kier alpha value is -1.29. The van der Waals surface area contributed by atoms with E-state index in [4.69, 9.17) is 14.3 Å². The number of carbonyl (C=O) groups is 1. The number of para-hydroxylation sites is 1. The van der Waals surface area contributed by atoms with Crippen LogP contribution in [0.4, 0.5) is 0 Å². The minimum Gasteiger partial charge on any atom is -0.482 e. The molecule has 0 aliphatic rings. The lowest BCUT2D eigenvalue weighted by molar-refractivity contribution is -0.139. The van der Waals surface area contributed by atoms with Crippen molar-refractivity contribution in [3.63, 3.8) is 0 Å². The third-order valence-electron chi connectivity index (χ3n) is 3.68. The molecule has 6 heteroatoms. The molecule has 2 aromatic carbocycles. The highest BCUT2D eigenvalue weighted by Crippen LogP contribution is 2.41. The van der Waals surface area contributed by atoms with E-state index in [1.54, 1.807) is 0 Å². The number of carboxylic acid groups (broad SMARTS) is 1. The molecule has 0 radical (unpaired) electrons. The van der Waals surface area contributed by atoms with Gasteiger partial charge in [-0.3, -0.25) is 0 Å². The Morgan fingerprint density at radius 3 is 2.75 bits per heavy atom. The quantitative estimate of drug-likeness (QED) is 0.346. The summed E-state index contributed by atoms with van der Waals surface area (Å²) >= 11 is 4.67. The van der Waals surface area contributed by atoms with Gasteiger partial charge in [0.25, 0.3) is 0 Å². The molecule has 1 N–H and O–H groups in total. The number of benzene rings is 2. The Balaban J connectivity index is 1.96. The van der Waals surface area contributed by atoms with Gasteiger partial charge in [-0.25, -0.2) is 4.79 Å². The lowest BCUT2D eigenvalue weighted by atomic mass is 10.0. The zero-order valence-electron chi connectivity index (χ0n) is 12.8. The Morgan fingerprint density at radius 1 is 1.29 bits per heavy atom. The first kappa shape index (κ1) is 17.5. The van der Waals surface area contributed by atoms with Crippen LogP contribution in [0.3, 0.4) is 0 Å². The molecule has 0 spiro atoms. The van der Waals surface area contributed by atoms with Crippen molar-refractivity contribution in [3.05, 3.63) is 62.9 Å². The van der Waals surface area contributed by atoms with Gasteiger partial charge in [0.1, 0.15) is 17.1 Å². The van der Waals surface area contributed by atoms with Crippen molar-refractivity contribution in [2.75, 3.05) is 6.61 Å². The van der Waals surface area contributed by atoms with Crippen LogP contribution in [0.25, 0.3) is 11.0 Å². The first-order valence-electron chi connectivity index (χ1n) is 7.23. The number of aliphatic carboxylic acids is 1. The Labute approximate surface area is 166 Å². The van der Waals surface area contributed by atoms with Crippen LogP contribution in [0.2, 0.25) is 0 Å². The number of halogens is 2. The van der Waals surface area contributed by atoms with Crippen molar-refractivity contribution in [2.45, 2.75) is 10.8 Å². The molecule has 0 amide bonds. The topological polar surface area (TPSA) is 59.7 Å². The summed E-state index contributed by atoms with van der Waals surface area (Å²) in [4.78, 5) is 10.6. The fourth-order valence-electron chi connectivity index (χ4n) is 2.61. The van der Waals surface area contributed by atoms with E-state index >= 15 is 0 Å². The zero-order chi connectivity index (χ0) is 17.3. The molecule has 24 heavy (non-hydrogen) atoms. The number of carboxylic acids is 1. The van der Waals surface area contributed by atoms with Gasteiger partial charge in [-0.05, 0) is 53.3 Å². The van der Waals surface area contributed by atoms with E-state index in [2.05, 4.69) is 51.2 Å². The largest absolute Gasteiger partial charge is 0.482 e. The smallest absolute Gasteiger partial charge is 0.341 e. The van der Waals surface area contributed by atoms with E-state index in [0.717, 1.165) is 25.9 Å². The molecule has 4 nitrogen and oxygen atoms in total. The van der Waals surface area contributed by atoms with Crippen LogP contribution in [0.1, 0.15) is 20.8 Å². The number of hydrogen-bond acceptors (Lipinski definition) is 3. The van der Waals surface area contributed by atoms with Crippen molar-refractivity contribution in [2.24, 2.45) is 0 Å². The fourth-order valence-corrected chi connectivity index (χ4v) is 5.32. The Bertz CT molecular complexity index is 901. The van der Waals surface area contributed by atoms with Crippen molar-refractivity contribution in [1.82, 2.24) is 0 Å². The molecule has 124 valence electrons. The van der Waals surface area contributed by atoms with Crippen LogP contribution in [0.5, 0.6) is 5.75 Å². The third kappa shape index (κ3) is 3.53. The highest BCUT2D eigenvalue weighted by molar-refractivity contribution is 14.1. The minimum atomic E-state index is -0.985. The molecule has 3 aromatic rings. The third-order valence-corrected chi connectivity index (χ3v) is 5.91. The van der Waals surface area contributed by atoms with Gasteiger partial charge >= 0.3 is 5.97 Å². The molecule has 1 atom stereocenters. The molecular formula is C18H14I2O4. The van der Waals surface area contributed by atoms with Crippen LogP contribution in [0.15, 0.2) is 46.9 Å². The van der Waals surface area contributed by atoms with Gasteiger partial charge < -0.3 is 14.3 Å². The fraction of sp³-hybridized carbons (Fsp3) is 0.167. The molecule has 0 aliphatic heterocycles. The van der Waals surface area contributed by atoms with Crippen LogP contribution in [-0.2, 0) is 4.79 Å². The number of aryl methyl sites for hydroxylation is 1. The van der Waals surface area contributed by atoms with Gasteiger partial charge in [-0.15, -0.1) is 0 Å². The lowest BCUT2D eigenvalue weighted by Gasteiger charge is -2.14. The van der Waals surface area contributed by atoms with Gasteiger partial charge in [-0.1, -0.05) is 46.9 Å². The van der Waals surface area contributed by atoms with E-state index in [1.165, 1.54) is 5.56 Å². The zero-order valence-corrected chi connectivity index (χ0v) is 17.1. The van der Waals surface area contributed by atoms with E-state index < -0.39 is 5.97 Å². The van der Waals surface area contributed by atoms with Gasteiger partial charge in [-0.2, -0.15) is 0 Å². The predicted octanol–water partition coefficient (Wildman–Crippen LogP) is 5.33. The number of hydrogen-bond donors (Lipinski definition) is 1. The maximum Gasteiger partial charge on any atom is 0.341 e. The molecule has 1 aromatic heterocycles. The van der Waals surface area contributed by atoms with Crippen LogP contribution in [0, 0.1) is 10.5 Å². The number of furan rings is 1. The van der Waals surface area contributed by atoms with Crippen molar-refractivity contribution < 1.29 is 19.1 Å². The number of fused-ring (bicyclic) bond motifs is 1. The molecule has 0 aliphatic carbocycles. The second kappa shape index (κ2) is 7.30. The molecule has 0 bridgehead atoms. The van der Waals surface area contributed by atoms with Crippen molar-refractivity contribution in [3.8, 4) is 5.75 Å². The van der Waals surface area contributed by atoms with Crippen molar-refractivity contribution in [1.29, 1.82) is 0 Å². The molecule has 0 saturated heterocycles. The SMILES string of the molecule is Cc1oc2ccccc2c1C(I)c1ccc(OCC(=O)O)cc1I. The maximum absolute atomic E-state index is 10.6. The molecular weight excluding hydrogens is 534 g/mol. The van der Waals surface area contributed by atoms with Crippen LogP contribution >= 0.6 is 45.2 Å². The first-order chi connectivity index (χ1) is 11.5. The van der Waals surface area contributed by atoms with E-state index in [9.17, 15) is 4.79 Å². The standard InChI is InChI=1S/C18H14I2O4/c1-10-17(13-4-2-3-5-15(13)24-10)18(20)12-7-6-11(8-14(12)19)23-9-16(21)22/h2-8,18H,9H2,1H3,(H,21,22). The van der Waals surface area contributed by atoms with E-state index in [1.807, 2.05) is 43.3 Å². The highest BCUT2D eigenvalue weighted by Gasteiger charge is 2.21. The lowest BCUT2D eigenvalue weighted by Crippen LogP contribution is -2.09. The Kier molecular flexibility index (Phi) is 5.33. The first-order valence-corrected chi connectivity index (χ1v) is 9.56. The van der Waals surface area contributed by atoms with Gasteiger partial charge in [0.15, 0.2) is 6.61 Å². The average Bonchev–Trinajstić information content (AvgIpc) is 2.88. The number of ether oxygens (including phenoxy) is 1. The van der Waals surface area contributed by atoms with E-state index in [-0.39, 0.29) is 10.5 Å². The average molecular weight is 548 g/mol. The molecule has 0 fully saturated rings. The second-order valence-corrected chi connectivity index (χ2v) is 7.70. The number of alkyl halides is 1.